The number of allylic oxidation sites excluding steroid dienone is 1. The van der Waals surface area contributed by atoms with E-state index in [4.69, 9.17) is 4.74 Å². The van der Waals surface area contributed by atoms with E-state index in [9.17, 15) is 14.7 Å². The highest BCUT2D eigenvalue weighted by Gasteiger charge is 2.41. The van der Waals surface area contributed by atoms with Crippen molar-refractivity contribution >= 4 is 18.1 Å². The lowest BCUT2D eigenvalue weighted by Gasteiger charge is -2.34. The van der Waals surface area contributed by atoms with E-state index in [1.165, 1.54) is 10.8 Å². The summed E-state index contributed by atoms with van der Waals surface area (Å²) in [6.45, 7) is 14.7. The van der Waals surface area contributed by atoms with Crippen molar-refractivity contribution in [2.45, 2.75) is 64.8 Å². The predicted octanol–water partition coefficient (Wildman–Crippen LogP) is 3.31. The molecule has 0 spiro atoms. The Hall–Kier alpha value is -2.41. The van der Waals surface area contributed by atoms with Crippen molar-refractivity contribution in [2.24, 2.45) is 0 Å². The number of amides is 2. The Balaban J connectivity index is 2.45. The monoisotopic (exact) mass is 361 g/mol. The summed E-state index contributed by atoms with van der Waals surface area (Å²) in [7, 11) is 0. The summed E-state index contributed by atoms with van der Waals surface area (Å²) < 4.78 is 6.91. The number of aliphatic hydroxyl groups is 1. The highest BCUT2D eigenvalue weighted by molar-refractivity contribution is 6.04. The van der Waals surface area contributed by atoms with Crippen molar-refractivity contribution < 1.29 is 19.4 Å². The minimum atomic E-state index is -0.900. The highest BCUT2D eigenvalue weighted by atomic mass is 16.6. The van der Waals surface area contributed by atoms with Gasteiger partial charge in [0.05, 0.1) is 24.4 Å². The molecule has 1 N–H and O–H groups in total. The van der Waals surface area contributed by atoms with Crippen LogP contribution in [0.25, 0.3) is 6.08 Å². The number of fused-ring (bicyclic) bond motifs is 1. The van der Waals surface area contributed by atoms with Gasteiger partial charge in [-0.1, -0.05) is 12.7 Å². The summed E-state index contributed by atoms with van der Waals surface area (Å²) in [5, 5.41) is 14.9. The Labute approximate surface area is 153 Å². The van der Waals surface area contributed by atoms with E-state index in [1.807, 2.05) is 0 Å². The Bertz CT molecular complexity index is 730. The second-order valence-electron chi connectivity index (χ2n) is 7.42. The first-order valence-corrected chi connectivity index (χ1v) is 8.69. The lowest BCUT2D eigenvalue weighted by atomic mass is 10.00. The Morgan fingerprint density at radius 2 is 2.12 bits per heavy atom. The highest BCUT2D eigenvalue weighted by Crippen LogP contribution is 2.31. The molecule has 2 heterocycles. The fourth-order valence-corrected chi connectivity index (χ4v) is 2.97. The van der Waals surface area contributed by atoms with Gasteiger partial charge in [-0.3, -0.25) is 9.48 Å². The minimum Gasteiger partial charge on any atom is -0.443 e. The van der Waals surface area contributed by atoms with Crippen LogP contribution in [0.15, 0.2) is 19.2 Å². The van der Waals surface area contributed by atoms with Gasteiger partial charge in [-0.25, -0.2) is 9.69 Å². The smallest absolute Gasteiger partial charge is 0.417 e. The number of rotatable bonds is 5. The lowest BCUT2D eigenvalue weighted by molar-refractivity contribution is 0.0126. The van der Waals surface area contributed by atoms with Gasteiger partial charge in [0.2, 0.25) is 0 Å². The number of carbonyl (C=O) groups is 2. The molecule has 1 aliphatic heterocycles. The third kappa shape index (κ3) is 3.88. The fourth-order valence-electron chi connectivity index (χ4n) is 2.97. The molecule has 0 bridgehead atoms. The summed E-state index contributed by atoms with van der Waals surface area (Å²) >= 11 is 0. The number of ether oxygens (including phenoxy) is 1. The van der Waals surface area contributed by atoms with E-state index in [1.54, 1.807) is 33.8 Å². The van der Waals surface area contributed by atoms with Gasteiger partial charge in [-0.05, 0) is 46.6 Å². The van der Waals surface area contributed by atoms with Crippen LogP contribution in [0.3, 0.4) is 0 Å². The molecule has 0 aliphatic carbocycles. The van der Waals surface area contributed by atoms with Crippen molar-refractivity contribution in [1.29, 1.82) is 0 Å². The molecule has 0 saturated carbocycles. The van der Waals surface area contributed by atoms with Crippen LogP contribution in [0, 0.1) is 0 Å². The van der Waals surface area contributed by atoms with E-state index in [0.717, 1.165) is 4.90 Å². The second-order valence-corrected chi connectivity index (χ2v) is 7.42. The van der Waals surface area contributed by atoms with E-state index in [0.29, 0.717) is 30.6 Å². The van der Waals surface area contributed by atoms with Crippen LogP contribution in [0.1, 0.15) is 68.4 Å². The molecule has 2 unspecified atom stereocenters. The maximum absolute atomic E-state index is 13.1. The van der Waals surface area contributed by atoms with Gasteiger partial charge in [-0.2, -0.15) is 5.10 Å². The molecule has 1 aromatic rings. The zero-order valence-corrected chi connectivity index (χ0v) is 15.9. The maximum Gasteiger partial charge on any atom is 0.417 e. The van der Waals surface area contributed by atoms with Crippen molar-refractivity contribution in [3.8, 4) is 0 Å². The molecule has 0 aromatic carbocycles. The first-order valence-electron chi connectivity index (χ1n) is 8.69. The van der Waals surface area contributed by atoms with E-state index in [-0.39, 0.29) is 5.69 Å². The van der Waals surface area contributed by atoms with Gasteiger partial charge >= 0.3 is 6.09 Å². The molecule has 2 amide bonds. The number of hydrogen-bond acceptors (Lipinski definition) is 5. The Kier molecular flexibility index (Phi) is 5.71. The molecule has 0 fully saturated rings. The molecule has 1 aromatic heterocycles. The van der Waals surface area contributed by atoms with Gasteiger partial charge in [0.25, 0.3) is 5.91 Å². The summed E-state index contributed by atoms with van der Waals surface area (Å²) in [5.74, 6) is -0.522. The van der Waals surface area contributed by atoms with Crippen LogP contribution in [0.4, 0.5) is 4.79 Å². The standard InChI is InChI=1S/C19H27N3O4/c1-7-9-10-14(23)15-13(8-2)20-21-11-12(3)22(17(24)16(15)21)18(25)26-19(4,5)6/h7-8,12,14,23H,1-2,9-11H2,3-6H3. The average molecular weight is 361 g/mol. The van der Waals surface area contributed by atoms with Crippen LogP contribution >= 0.6 is 0 Å². The third-order valence-corrected chi connectivity index (χ3v) is 4.08. The van der Waals surface area contributed by atoms with Gasteiger partial charge in [0.15, 0.2) is 0 Å². The Morgan fingerprint density at radius 1 is 1.46 bits per heavy atom. The average Bonchev–Trinajstić information content (AvgIpc) is 2.89. The largest absolute Gasteiger partial charge is 0.443 e. The van der Waals surface area contributed by atoms with Crippen molar-refractivity contribution in [3.63, 3.8) is 0 Å². The number of carbonyl (C=O) groups excluding carboxylic acids is 2. The van der Waals surface area contributed by atoms with Crippen molar-refractivity contribution in [3.05, 3.63) is 36.2 Å². The van der Waals surface area contributed by atoms with Gasteiger partial charge < -0.3 is 9.84 Å². The van der Waals surface area contributed by atoms with E-state index >= 15 is 0 Å². The second kappa shape index (κ2) is 7.45. The van der Waals surface area contributed by atoms with Gasteiger partial charge in [0.1, 0.15) is 11.3 Å². The van der Waals surface area contributed by atoms with Crippen molar-refractivity contribution in [2.75, 3.05) is 0 Å². The molecular formula is C19H27N3O4. The molecular weight excluding hydrogens is 334 g/mol. The quantitative estimate of drug-likeness (QED) is 0.814. The maximum atomic E-state index is 13.1. The molecule has 7 heteroatoms. The van der Waals surface area contributed by atoms with Crippen LogP contribution in [-0.4, -0.2) is 43.4 Å². The van der Waals surface area contributed by atoms with Crippen LogP contribution in [0.2, 0.25) is 0 Å². The van der Waals surface area contributed by atoms with E-state index < -0.39 is 29.7 Å². The van der Waals surface area contributed by atoms with Gasteiger partial charge in [-0.15, -0.1) is 6.58 Å². The first-order chi connectivity index (χ1) is 12.1. The summed E-state index contributed by atoms with van der Waals surface area (Å²) in [6, 6.07) is -0.416. The minimum absolute atomic E-state index is 0.209. The topological polar surface area (TPSA) is 84.7 Å². The molecule has 7 nitrogen and oxygen atoms in total. The van der Waals surface area contributed by atoms with Crippen molar-refractivity contribution in [1.82, 2.24) is 14.7 Å². The van der Waals surface area contributed by atoms with Crippen LogP contribution < -0.4 is 0 Å². The molecule has 0 radical (unpaired) electrons. The lowest BCUT2D eigenvalue weighted by Crippen LogP contribution is -2.51. The number of hydrogen-bond donors (Lipinski definition) is 1. The molecule has 142 valence electrons. The normalized spacial score (nSPS) is 18.3. The van der Waals surface area contributed by atoms with Crippen LogP contribution in [0.5, 0.6) is 0 Å². The van der Waals surface area contributed by atoms with E-state index in [2.05, 4.69) is 18.3 Å². The predicted molar refractivity (Wildman–Crippen MR) is 98.6 cm³/mol. The Morgan fingerprint density at radius 3 is 2.65 bits per heavy atom. The number of nitrogens with zero attached hydrogens (tertiary/aromatic N) is 3. The number of imide groups is 1. The molecule has 1 aliphatic rings. The zero-order chi connectivity index (χ0) is 19.6. The third-order valence-electron chi connectivity index (χ3n) is 4.08. The number of aromatic nitrogens is 2. The molecule has 26 heavy (non-hydrogen) atoms. The fraction of sp³-hybridized carbons (Fsp3) is 0.526. The van der Waals surface area contributed by atoms with Gasteiger partial charge in [0, 0.05) is 5.56 Å². The summed E-state index contributed by atoms with van der Waals surface area (Å²) in [5.41, 5.74) is 0.337. The summed E-state index contributed by atoms with van der Waals surface area (Å²) in [4.78, 5) is 26.7. The number of aliphatic hydroxyl groups excluding tert-OH is 1. The molecule has 2 atom stereocenters. The SMILES string of the molecule is C=CCCC(O)c1c(C=C)nn2c1C(=O)N(C(=O)OC(C)(C)C)C(C)C2. The summed E-state index contributed by atoms with van der Waals surface area (Å²) in [6.07, 6.45) is 2.59. The molecule has 0 saturated heterocycles. The van der Waals surface area contributed by atoms with Crippen LogP contribution in [-0.2, 0) is 11.3 Å². The molecule has 2 rings (SSSR count). The zero-order valence-electron chi connectivity index (χ0n) is 15.9. The first kappa shape index (κ1) is 19.9.